The Bertz CT molecular complexity index is 556. The van der Waals surface area contributed by atoms with Crippen molar-refractivity contribution in [1.82, 2.24) is 15.4 Å². The summed E-state index contributed by atoms with van der Waals surface area (Å²) in [7, 11) is 1.51. The van der Waals surface area contributed by atoms with Gasteiger partial charge in [0.25, 0.3) is 0 Å². The van der Waals surface area contributed by atoms with Crippen LogP contribution in [0.25, 0.3) is 11.3 Å². The van der Waals surface area contributed by atoms with Crippen molar-refractivity contribution in [2.75, 3.05) is 7.11 Å². The SMILES string of the molecule is C=CCc1cc(OC)c(O)c(-c2ccnnn2)c1. The topological polar surface area (TPSA) is 68.1 Å². The Morgan fingerprint density at radius 2 is 2.28 bits per heavy atom. The van der Waals surface area contributed by atoms with Gasteiger partial charge in [-0.1, -0.05) is 6.08 Å². The second-order valence-corrected chi connectivity index (χ2v) is 3.69. The van der Waals surface area contributed by atoms with Crippen LogP contribution >= 0.6 is 0 Å². The maximum absolute atomic E-state index is 10.1. The molecule has 1 aromatic carbocycles. The van der Waals surface area contributed by atoms with Crippen molar-refractivity contribution in [2.45, 2.75) is 6.42 Å². The quantitative estimate of drug-likeness (QED) is 0.831. The van der Waals surface area contributed by atoms with E-state index in [-0.39, 0.29) is 5.75 Å². The van der Waals surface area contributed by atoms with Crippen molar-refractivity contribution >= 4 is 0 Å². The van der Waals surface area contributed by atoms with Gasteiger partial charge in [-0.25, -0.2) is 0 Å². The molecule has 0 bridgehead atoms. The molecule has 92 valence electrons. The highest BCUT2D eigenvalue weighted by molar-refractivity contribution is 5.71. The van der Waals surface area contributed by atoms with Gasteiger partial charge < -0.3 is 9.84 Å². The van der Waals surface area contributed by atoms with Gasteiger partial charge in [0.15, 0.2) is 11.5 Å². The predicted octanol–water partition coefficient (Wildman–Crippen LogP) is 1.98. The molecule has 0 aliphatic rings. The lowest BCUT2D eigenvalue weighted by Crippen LogP contribution is -1.94. The van der Waals surface area contributed by atoms with Gasteiger partial charge >= 0.3 is 0 Å². The largest absolute Gasteiger partial charge is 0.504 e. The fourth-order valence-electron chi connectivity index (χ4n) is 1.68. The number of allylic oxidation sites excluding steroid dienone is 1. The maximum Gasteiger partial charge on any atom is 0.167 e. The third kappa shape index (κ3) is 2.29. The molecule has 0 saturated heterocycles. The number of phenolic OH excluding ortho intramolecular Hbond substituents is 1. The van der Waals surface area contributed by atoms with E-state index in [0.717, 1.165) is 5.56 Å². The first-order valence-corrected chi connectivity index (χ1v) is 5.41. The number of hydrogen-bond acceptors (Lipinski definition) is 5. The van der Waals surface area contributed by atoms with Crippen LogP contribution in [-0.4, -0.2) is 27.6 Å². The Balaban J connectivity index is 2.58. The zero-order valence-corrected chi connectivity index (χ0v) is 10.00. The minimum atomic E-state index is 0.0470. The Kier molecular flexibility index (Phi) is 3.52. The predicted molar refractivity (Wildman–Crippen MR) is 67.4 cm³/mol. The molecule has 0 atom stereocenters. The molecule has 0 fully saturated rings. The summed E-state index contributed by atoms with van der Waals surface area (Å²) in [6, 6.07) is 5.29. The fraction of sp³-hybridized carbons (Fsp3) is 0.154. The van der Waals surface area contributed by atoms with E-state index in [4.69, 9.17) is 4.74 Å². The van der Waals surface area contributed by atoms with E-state index in [1.165, 1.54) is 13.3 Å². The van der Waals surface area contributed by atoms with E-state index in [2.05, 4.69) is 22.0 Å². The summed E-state index contributed by atoms with van der Waals surface area (Å²) in [4.78, 5) is 0. The molecule has 1 heterocycles. The van der Waals surface area contributed by atoms with E-state index in [1.807, 2.05) is 6.07 Å². The molecule has 2 rings (SSSR count). The molecule has 5 heteroatoms. The molecule has 18 heavy (non-hydrogen) atoms. The molecule has 0 amide bonds. The number of hydrogen-bond donors (Lipinski definition) is 1. The van der Waals surface area contributed by atoms with Gasteiger partial charge in [0.2, 0.25) is 0 Å². The van der Waals surface area contributed by atoms with E-state index in [0.29, 0.717) is 23.4 Å². The molecule has 1 N–H and O–H groups in total. The van der Waals surface area contributed by atoms with E-state index in [1.54, 1.807) is 18.2 Å². The van der Waals surface area contributed by atoms with E-state index in [9.17, 15) is 5.11 Å². The van der Waals surface area contributed by atoms with Crippen LogP contribution in [0.5, 0.6) is 11.5 Å². The average Bonchev–Trinajstić information content (AvgIpc) is 2.42. The number of aromatic nitrogens is 3. The highest BCUT2D eigenvalue weighted by Crippen LogP contribution is 2.37. The maximum atomic E-state index is 10.1. The van der Waals surface area contributed by atoms with Crippen LogP contribution in [0.2, 0.25) is 0 Å². The Labute approximate surface area is 105 Å². The Morgan fingerprint density at radius 3 is 2.89 bits per heavy atom. The standard InChI is InChI=1S/C13H13N3O2/c1-3-4-9-7-10(11-5-6-14-16-15-11)13(17)12(8-9)18-2/h3,5-8,17H,1,4H2,2H3. The minimum Gasteiger partial charge on any atom is -0.504 e. The van der Waals surface area contributed by atoms with Crippen molar-refractivity contribution in [3.05, 3.63) is 42.6 Å². The molecular weight excluding hydrogens is 230 g/mol. The van der Waals surface area contributed by atoms with Crippen LogP contribution in [-0.2, 0) is 6.42 Å². The fourth-order valence-corrected chi connectivity index (χ4v) is 1.68. The summed E-state index contributed by atoms with van der Waals surface area (Å²) >= 11 is 0. The molecular formula is C13H13N3O2. The monoisotopic (exact) mass is 243 g/mol. The van der Waals surface area contributed by atoms with Crippen molar-refractivity contribution < 1.29 is 9.84 Å². The molecule has 2 aromatic rings. The van der Waals surface area contributed by atoms with Crippen LogP contribution < -0.4 is 4.74 Å². The number of rotatable bonds is 4. The van der Waals surface area contributed by atoms with Gasteiger partial charge in [0.05, 0.1) is 13.3 Å². The Hall–Kier alpha value is -2.43. The number of nitrogens with zero attached hydrogens (tertiary/aromatic N) is 3. The van der Waals surface area contributed by atoms with Gasteiger partial charge in [-0.15, -0.1) is 16.8 Å². The van der Waals surface area contributed by atoms with Crippen molar-refractivity contribution in [2.24, 2.45) is 0 Å². The molecule has 0 aliphatic heterocycles. The Morgan fingerprint density at radius 1 is 1.44 bits per heavy atom. The van der Waals surface area contributed by atoms with Crippen LogP contribution in [0.3, 0.4) is 0 Å². The molecule has 1 aromatic heterocycles. The molecule has 0 spiro atoms. The van der Waals surface area contributed by atoms with Gasteiger partial charge in [-0.3, -0.25) is 0 Å². The van der Waals surface area contributed by atoms with Crippen LogP contribution in [0, 0.1) is 0 Å². The third-order valence-electron chi connectivity index (χ3n) is 2.51. The number of aromatic hydroxyl groups is 1. The summed E-state index contributed by atoms with van der Waals surface area (Å²) in [6.07, 6.45) is 3.99. The summed E-state index contributed by atoms with van der Waals surface area (Å²) in [5.74, 6) is 0.453. The zero-order chi connectivity index (χ0) is 13.0. The lowest BCUT2D eigenvalue weighted by atomic mass is 10.0. The number of benzene rings is 1. The average molecular weight is 243 g/mol. The number of ether oxygens (including phenoxy) is 1. The highest BCUT2D eigenvalue weighted by atomic mass is 16.5. The summed E-state index contributed by atoms with van der Waals surface area (Å²) in [5.41, 5.74) is 2.10. The lowest BCUT2D eigenvalue weighted by Gasteiger charge is -2.10. The summed E-state index contributed by atoms with van der Waals surface area (Å²) in [6.45, 7) is 3.70. The number of methoxy groups -OCH3 is 1. The van der Waals surface area contributed by atoms with Crippen molar-refractivity contribution in [3.8, 4) is 22.8 Å². The normalized spacial score (nSPS) is 10.1. The van der Waals surface area contributed by atoms with Crippen LogP contribution in [0.4, 0.5) is 0 Å². The van der Waals surface area contributed by atoms with Crippen LogP contribution in [0.1, 0.15) is 5.56 Å². The van der Waals surface area contributed by atoms with Gasteiger partial charge in [0.1, 0.15) is 5.69 Å². The zero-order valence-electron chi connectivity index (χ0n) is 10.00. The second kappa shape index (κ2) is 5.27. The van der Waals surface area contributed by atoms with Crippen molar-refractivity contribution in [3.63, 3.8) is 0 Å². The molecule has 0 unspecified atom stereocenters. The van der Waals surface area contributed by atoms with Crippen molar-refractivity contribution in [1.29, 1.82) is 0 Å². The van der Waals surface area contributed by atoms with Gasteiger partial charge in [-0.2, -0.15) is 0 Å². The molecule has 0 aliphatic carbocycles. The highest BCUT2D eigenvalue weighted by Gasteiger charge is 2.13. The van der Waals surface area contributed by atoms with Gasteiger partial charge in [0, 0.05) is 5.56 Å². The van der Waals surface area contributed by atoms with Gasteiger partial charge in [-0.05, 0) is 35.4 Å². The van der Waals surface area contributed by atoms with Crippen LogP contribution in [0.15, 0.2) is 37.1 Å². The smallest absolute Gasteiger partial charge is 0.167 e. The first kappa shape index (κ1) is 12.0. The second-order valence-electron chi connectivity index (χ2n) is 3.69. The first-order chi connectivity index (χ1) is 8.76. The molecule has 0 radical (unpaired) electrons. The van der Waals surface area contributed by atoms with E-state index >= 15 is 0 Å². The lowest BCUT2D eigenvalue weighted by molar-refractivity contribution is 0.374. The summed E-state index contributed by atoms with van der Waals surface area (Å²) < 4.78 is 5.15. The molecule has 0 saturated carbocycles. The first-order valence-electron chi connectivity index (χ1n) is 5.41. The van der Waals surface area contributed by atoms with E-state index < -0.39 is 0 Å². The third-order valence-corrected chi connectivity index (χ3v) is 2.51. The summed E-state index contributed by atoms with van der Waals surface area (Å²) in [5, 5.41) is 21.2. The number of phenols is 1. The molecule has 5 nitrogen and oxygen atoms in total. The minimum absolute atomic E-state index is 0.0470.